The third-order valence-corrected chi connectivity index (χ3v) is 9.19. The van der Waals surface area contributed by atoms with E-state index in [9.17, 15) is 0 Å². The van der Waals surface area contributed by atoms with E-state index in [1.807, 2.05) is 47.8 Å². The molecule has 0 aromatic heterocycles. The standard InChI is InChI=1S/C31H30O3S2/c1-32-25-14-9-22(10-15-25)11-16-27-21-28(23-12-17-26(33-2)18-13-23)29(24-7-4-3-5-8-24)30(34-27)31-35-19-6-20-36-31/h3-5,7-18,21,28,31H,6,19-20H2,1-2H3/b16-11+. The maximum atomic E-state index is 6.72. The molecule has 2 aliphatic rings. The first kappa shape index (κ1) is 24.7. The van der Waals surface area contributed by atoms with Crippen LogP contribution in [0.4, 0.5) is 0 Å². The SMILES string of the molecule is COc1ccc(/C=C/C2=CC(c3ccc(OC)cc3)C(c3ccccc3)=C(C3SCCCS3)O2)cc1. The molecule has 36 heavy (non-hydrogen) atoms. The van der Waals surface area contributed by atoms with Gasteiger partial charge < -0.3 is 14.2 Å². The van der Waals surface area contributed by atoms with E-state index in [0.29, 0.717) is 0 Å². The van der Waals surface area contributed by atoms with Crippen LogP contribution in [0, 0.1) is 0 Å². The number of hydrogen-bond acceptors (Lipinski definition) is 5. The van der Waals surface area contributed by atoms with E-state index in [1.54, 1.807) is 14.2 Å². The van der Waals surface area contributed by atoms with Gasteiger partial charge in [0, 0.05) is 11.5 Å². The van der Waals surface area contributed by atoms with Gasteiger partial charge in [-0.1, -0.05) is 60.7 Å². The number of allylic oxidation sites excluding steroid dienone is 3. The molecule has 5 rings (SSSR count). The Kier molecular flexibility index (Phi) is 8.09. The summed E-state index contributed by atoms with van der Waals surface area (Å²) in [6.07, 6.45) is 7.66. The predicted molar refractivity (Wildman–Crippen MR) is 154 cm³/mol. The highest BCUT2D eigenvalue weighted by molar-refractivity contribution is 8.17. The molecule has 2 heterocycles. The number of methoxy groups -OCH3 is 2. The van der Waals surface area contributed by atoms with Crippen LogP contribution in [0.1, 0.15) is 29.0 Å². The Balaban J connectivity index is 1.58. The molecule has 5 heteroatoms. The average Bonchev–Trinajstić information content (AvgIpc) is 2.97. The lowest BCUT2D eigenvalue weighted by atomic mass is 9.84. The second-order valence-corrected chi connectivity index (χ2v) is 11.3. The Labute approximate surface area is 222 Å². The van der Waals surface area contributed by atoms with Crippen LogP contribution in [0.5, 0.6) is 11.5 Å². The number of hydrogen-bond donors (Lipinski definition) is 0. The summed E-state index contributed by atoms with van der Waals surface area (Å²) in [5.41, 5.74) is 4.77. The van der Waals surface area contributed by atoms with Crippen molar-refractivity contribution in [2.24, 2.45) is 0 Å². The summed E-state index contributed by atoms with van der Waals surface area (Å²) in [5, 5.41) is 0. The van der Waals surface area contributed by atoms with Crippen molar-refractivity contribution < 1.29 is 14.2 Å². The van der Waals surface area contributed by atoms with Gasteiger partial charge in [0.2, 0.25) is 0 Å². The molecule has 2 aliphatic heterocycles. The van der Waals surface area contributed by atoms with E-state index in [0.717, 1.165) is 40.1 Å². The molecule has 184 valence electrons. The van der Waals surface area contributed by atoms with Gasteiger partial charge in [-0.25, -0.2) is 0 Å². The van der Waals surface area contributed by atoms with Gasteiger partial charge in [-0.15, -0.1) is 23.5 Å². The summed E-state index contributed by atoms with van der Waals surface area (Å²) in [7, 11) is 3.39. The van der Waals surface area contributed by atoms with Crippen molar-refractivity contribution in [3.63, 3.8) is 0 Å². The molecule has 0 radical (unpaired) electrons. The third kappa shape index (κ3) is 5.69. The van der Waals surface area contributed by atoms with Crippen molar-refractivity contribution in [1.29, 1.82) is 0 Å². The van der Waals surface area contributed by atoms with Crippen LogP contribution in [-0.4, -0.2) is 30.3 Å². The highest BCUT2D eigenvalue weighted by Gasteiger charge is 2.32. The van der Waals surface area contributed by atoms with E-state index >= 15 is 0 Å². The Morgan fingerprint density at radius 1 is 0.778 bits per heavy atom. The van der Waals surface area contributed by atoms with Gasteiger partial charge in [0.25, 0.3) is 0 Å². The lowest BCUT2D eigenvalue weighted by Gasteiger charge is -2.33. The van der Waals surface area contributed by atoms with Gasteiger partial charge in [-0.2, -0.15) is 0 Å². The summed E-state index contributed by atoms with van der Waals surface area (Å²) in [5.74, 6) is 6.02. The van der Waals surface area contributed by atoms with Gasteiger partial charge in [0.15, 0.2) is 0 Å². The Bertz CT molecular complexity index is 1240. The molecular weight excluding hydrogens is 484 g/mol. The van der Waals surface area contributed by atoms with Gasteiger partial charge >= 0.3 is 0 Å². The first-order chi connectivity index (χ1) is 17.7. The summed E-state index contributed by atoms with van der Waals surface area (Å²) < 4.78 is 17.7. The molecule has 3 aromatic carbocycles. The monoisotopic (exact) mass is 514 g/mol. The molecule has 0 saturated carbocycles. The fraction of sp³-hybridized carbons (Fsp3) is 0.226. The first-order valence-electron chi connectivity index (χ1n) is 12.1. The summed E-state index contributed by atoms with van der Waals surface area (Å²) in [6, 6.07) is 27.1. The second kappa shape index (κ2) is 11.8. The largest absolute Gasteiger partial charge is 0.497 e. The number of thioether (sulfide) groups is 2. The predicted octanol–water partition coefficient (Wildman–Crippen LogP) is 8.02. The average molecular weight is 515 g/mol. The summed E-state index contributed by atoms with van der Waals surface area (Å²) >= 11 is 3.97. The maximum absolute atomic E-state index is 6.72. The van der Waals surface area contributed by atoms with Crippen molar-refractivity contribution >= 4 is 35.2 Å². The Hall–Kier alpha value is -3.02. The summed E-state index contributed by atoms with van der Waals surface area (Å²) in [6.45, 7) is 0. The minimum Gasteiger partial charge on any atom is -0.497 e. The highest BCUT2D eigenvalue weighted by Crippen LogP contribution is 2.48. The highest BCUT2D eigenvalue weighted by atomic mass is 32.2. The molecule has 0 amide bonds. The quantitative estimate of drug-likeness (QED) is 0.318. The number of benzene rings is 3. The van der Waals surface area contributed by atoms with Crippen molar-refractivity contribution in [2.45, 2.75) is 16.9 Å². The molecule has 1 atom stereocenters. The van der Waals surface area contributed by atoms with Gasteiger partial charge in [0.1, 0.15) is 27.6 Å². The van der Waals surface area contributed by atoms with E-state index in [1.165, 1.54) is 23.1 Å². The molecule has 0 N–H and O–H groups in total. The van der Waals surface area contributed by atoms with Gasteiger partial charge in [-0.3, -0.25) is 0 Å². The van der Waals surface area contributed by atoms with Crippen molar-refractivity contribution in [3.8, 4) is 11.5 Å². The third-order valence-electron chi connectivity index (χ3n) is 6.29. The molecule has 0 spiro atoms. The normalized spacial score (nSPS) is 18.6. The van der Waals surface area contributed by atoms with Crippen LogP contribution in [0.2, 0.25) is 0 Å². The van der Waals surface area contributed by atoms with Crippen LogP contribution in [0.25, 0.3) is 11.6 Å². The molecule has 0 aliphatic carbocycles. The molecular formula is C31H30O3S2. The zero-order valence-corrected chi connectivity index (χ0v) is 22.2. The van der Waals surface area contributed by atoms with Crippen molar-refractivity contribution in [3.05, 3.63) is 119 Å². The van der Waals surface area contributed by atoms with Crippen LogP contribution in [-0.2, 0) is 4.74 Å². The fourth-order valence-corrected chi connectivity index (χ4v) is 7.28. The van der Waals surface area contributed by atoms with E-state index in [2.05, 4.69) is 72.8 Å². The smallest absolute Gasteiger partial charge is 0.132 e. The van der Waals surface area contributed by atoms with E-state index < -0.39 is 0 Å². The molecule has 3 nitrogen and oxygen atoms in total. The molecule has 0 bridgehead atoms. The second-order valence-electron chi connectivity index (χ2n) is 8.60. The Morgan fingerprint density at radius 2 is 1.42 bits per heavy atom. The van der Waals surface area contributed by atoms with E-state index in [4.69, 9.17) is 14.2 Å². The maximum Gasteiger partial charge on any atom is 0.132 e. The molecule has 3 aromatic rings. The van der Waals surface area contributed by atoms with Crippen LogP contribution < -0.4 is 9.47 Å². The number of ether oxygens (including phenoxy) is 3. The fourth-order valence-electron chi connectivity index (χ4n) is 4.43. The number of rotatable bonds is 7. The first-order valence-corrected chi connectivity index (χ1v) is 14.2. The summed E-state index contributed by atoms with van der Waals surface area (Å²) in [4.78, 5) is 0. The van der Waals surface area contributed by atoms with Crippen molar-refractivity contribution in [2.75, 3.05) is 25.7 Å². The van der Waals surface area contributed by atoms with E-state index in [-0.39, 0.29) is 10.5 Å². The zero-order chi connectivity index (χ0) is 24.7. The molecule has 1 saturated heterocycles. The zero-order valence-electron chi connectivity index (χ0n) is 20.6. The minimum atomic E-state index is 0.0701. The topological polar surface area (TPSA) is 27.7 Å². The minimum absolute atomic E-state index is 0.0701. The lowest BCUT2D eigenvalue weighted by molar-refractivity contribution is 0.313. The lowest BCUT2D eigenvalue weighted by Crippen LogP contribution is -2.19. The van der Waals surface area contributed by atoms with Gasteiger partial charge in [-0.05, 0) is 71.0 Å². The molecule has 1 fully saturated rings. The van der Waals surface area contributed by atoms with Crippen LogP contribution >= 0.6 is 23.5 Å². The van der Waals surface area contributed by atoms with Crippen LogP contribution in [0.3, 0.4) is 0 Å². The van der Waals surface area contributed by atoms with Crippen molar-refractivity contribution in [1.82, 2.24) is 0 Å². The van der Waals surface area contributed by atoms with Gasteiger partial charge in [0.05, 0.1) is 14.2 Å². The Morgan fingerprint density at radius 3 is 2.06 bits per heavy atom. The molecule has 1 unspecified atom stereocenters. The van der Waals surface area contributed by atoms with Crippen LogP contribution in [0.15, 0.2) is 103 Å².